The Labute approximate surface area is 179 Å². The number of nitrogens with zero attached hydrogens (tertiary/aromatic N) is 3. The number of rotatable bonds is 4. The molecule has 0 saturated heterocycles. The molecule has 10 heteroatoms. The summed E-state index contributed by atoms with van der Waals surface area (Å²) in [6.45, 7) is 0.00654. The van der Waals surface area contributed by atoms with Gasteiger partial charge in [-0.1, -0.05) is 23.2 Å². The van der Waals surface area contributed by atoms with Crippen LogP contribution >= 0.6 is 23.2 Å². The summed E-state index contributed by atoms with van der Waals surface area (Å²) in [5.41, 5.74) is 1.81. The zero-order valence-corrected chi connectivity index (χ0v) is 16.6. The first kappa shape index (κ1) is 18.5. The predicted molar refractivity (Wildman–Crippen MR) is 113 cm³/mol. The lowest BCUT2D eigenvalue weighted by Gasteiger charge is -2.10. The third-order valence-electron chi connectivity index (χ3n) is 4.63. The standard InChI is InChI=1S/C20H12Cl2N4O4/c21-11-1-4-13(5-2-11)23-20-19(24-18-6-3-12(22)9-25(18)20)14-7-16-17(30-10-29-16)8-15(14)26(27)28/h1-9,23H,10H2. The van der Waals surface area contributed by atoms with Gasteiger partial charge in [-0.3, -0.25) is 14.5 Å². The lowest BCUT2D eigenvalue weighted by Crippen LogP contribution is -1.99. The van der Waals surface area contributed by atoms with E-state index >= 15 is 0 Å². The van der Waals surface area contributed by atoms with Crippen molar-refractivity contribution in [3.63, 3.8) is 0 Å². The Morgan fingerprint density at radius 3 is 2.47 bits per heavy atom. The molecular weight excluding hydrogens is 431 g/mol. The summed E-state index contributed by atoms with van der Waals surface area (Å²) >= 11 is 12.2. The molecule has 1 N–H and O–H groups in total. The third kappa shape index (κ3) is 3.16. The minimum Gasteiger partial charge on any atom is -0.454 e. The number of imidazole rings is 1. The van der Waals surface area contributed by atoms with E-state index in [4.69, 9.17) is 32.7 Å². The number of hydrogen-bond donors (Lipinski definition) is 1. The fraction of sp³-hybridized carbons (Fsp3) is 0.0500. The van der Waals surface area contributed by atoms with Gasteiger partial charge in [0.25, 0.3) is 5.69 Å². The van der Waals surface area contributed by atoms with Gasteiger partial charge in [-0.15, -0.1) is 0 Å². The zero-order valence-electron chi connectivity index (χ0n) is 15.1. The third-order valence-corrected chi connectivity index (χ3v) is 5.11. The van der Waals surface area contributed by atoms with Crippen molar-refractivity contribution in [3.8, 4) is 22.8 Å². The van der Waals surface area contributed by atoms with Crippen LogP contribution in [0.3, 0.4) is 0 Å². The maximum Gasteiger partial charge on any atom is 0.282 e. The predicted octanol–water partition coefficient (Wildman–Crippen LogP) is 5.69. The molecule has 0 radical (unpaired) electrons. The number of aromatic nitrogens is 2. The molecule has 150 valence electrons. The van der Waals surface area contributed by atoms with Crippen molar-refractivity contribution in [2.24, 2.45) is 0 Å². The Hall–Kier alpha value is -3.49. The van der Waals surface area contributed by atoms with Gasteiger partial charge in [0.1, 0.15) is 17.2 Å². The lowest BCUT2D eigenvalue weighted by atomic mass is 10.1. The maximum absolute atomic E-state index is 11.8. The number of benzene rings is 2. The van der Waals surface area contributed by atoms with E-state index in [1.807, 2.05) is 0 Å². The van der Waals surface area contributed by atoms with E-state index in [1.165, 1.54) is 6.07 Å². The van der Waals surface area contributed by atoms with Crippen LogP contribution in [0, 0.1) is 10.1 Å². The van der Waals surface area contributed by atoms with Gasteiger partial charge in [-0.25, -0.2) is 4.98 Å². The highest BCUT2D eigenvalue weighted by atomic mass is 35.5. The Balaban J connectivity index is 1.75. The minimum atomic E-state index is -0.472. The van der Waals surface area contributed by atoms with Gasteiger partial charge in [0.15, 0.2) is 11.5 Å². The number of anilines is 2. The van der Waals surface area contributed by atoms with Crippen molar-refractivity contribution in [2.45, 2.75) is 0 Å². The van der Waals surface area contributed by atoms with Gasteiger partial charge in [0, 0.05) is 23.0 Å². The number of nitrogens with one attached hydrogen (secondary N) is 1. The number of pyridine rings is 1. The number of halogens is 2. The molecule has 0 atom stereocenters. The summed E-state index contributed by atoms with van der Waals surface area (Å²) in [6.07, 6.45) is 1.68. The van der Waals surface area contributed by atoms with Crippen molar-refractivity contribution >= 4 is 46.0 Å². The SMILES string of the molecule is O=[N+]([O-])c1cc2c(cc1-c1nc3ccc(Cl)cn3c1Nc1ccc(Cl)cc1)OCO2. The molecule has 4 aromatic rings. The van der Waals surface area contributed by atoms with E-state index in [0.29, 0.717) is 44.3 Å². The van der Waals surface area contributed by atoms with E-state index < -0.39 is 4.92 Å². The molecule has 0 spiro atoms. The Kier molecular flexibility index (Phi) is 4.38. The van der Waals surface area contributed by atoms with Crippen LogP contribution in [0.15, 0.2) is 54.7 Å². The van der Waals surface area contributed by atoms with Crippen molar-refractivity contribution in [1.82, 2.24) is 9.38 Å². The normalized spacial score (nSPS) is 12.3. The first-order chi connectivity index (χ1) is 14.5. The van der Waals surface area contributed by atoms with Crippen LogP contribution < -0.4 is 14.8 Å². The quantitative estimate of drug-likeness (QED) is 0.322. The van der Waals surface area contributed by atoms with Crippen molar-refractivity contribution in [3.05, 3.63) is 74.9 Å². The molecular formula is C20H12Cl2N4O4. The number of fused-ring (bicyclic) bond motifs is 2. The Bertz CT molecular complexity index is 1300. The average molecular weight is 443 g/mol. The first-order valence-electron chi connectivity index (χ1n) is 8.78. The van der Waals surface area contributed by atoms with Gasteiger partial charge in [-0.05, 0) is 36.4 Å². The highest BCUT2D eigenvalue weighted by Crippen LogP contribution is 2.44. The van der Waals surface area contributed by atoms with E-state index in [0.717, 1.165) is 5.69 Å². The minimum absolute atomic E-state index is 0.00654. The van der Waals surface area contributed by atoms with Crippen LogP contribution in [0.5, 0.6) is 11.5 Å². The van der Waals surface area contributed by atoms with Gasteiger partial charge < -0.3 is 14.8 Å². The van der Waals surface area contributed by atoms with Crippen LogP contribution in [-0.4, -0.2) is 21.1 Å². The molecule has 1 aliphatic rings. The van der Waals surface area contributed by atoms with E-state index in [9.17, 15) is 10.1 Å². The molecule has 5 rings (SSSR count). The number of nitro benzene ring substituents is 1. The average Bonchev–Trinajstić information content (AvgIpc) is 3.32. The van der Waals surface area contributed by atoms with Crippen LogP contribution in [-0.2, 0) is 0 Å². The fourth-order valence-electron chi connectivity index (χ4n) is 3.27. The molecule has 0 fully saturated rings. The second kappa shape index (κ2) is 7.08. The van der Waals surface area contributed by atoms with E-state index in [1.54, 1.807) is 53.1 Å². The van der Waals surface area contributed by atoms with Crippen molar-refractivity contribution in [1.29, 1.82) is 0 Å². The summed E-state index contributed by atoms with van der Waals surface area (Å²) in [5, 5.41) is 16.1. The Morgan fingerprint density at radius 1 is 1.03 bits per heavy atom. The van der Waals surface area contributed by atoms with Gasteiger partial charge in [-0.2, -0.15) is 0 Å². The summed E-state index contributed by atoms with van der Waals surface area (Å²) in [6, 6.07) is 13.4. The van der Waals surface area contributed by atoms with Crippen molar-refractivity contribution in [2.75, 3.05) is 12.1 Å². The van der Waals surface area contributed by atoms with Gasteiger partial charge in [0.2, 0.25) is 6.79 Å². The molecule has 2 aromatic carbocycles. The number of hydrogen-bond acceptors (Lipinski definition) is 6. The fourth-order valence-corrected chi connectivity index (χ4v) is 3.55. The lowest BCUT2D eigenvalue weighted by molar-refractivity contribution is -0.384. The second-order valence-electron chi connectivity index (χ2n) is 6.50. The number of ether oxygens (including phenoxy) is 2. The van der Waals surface area contributed by atoms with Crippen LogP contribution in [0.4, 0.5) is 17.2 Å². The molecule has 0 saturated carbocycles. The van der Waals surface area contributed by atoms with Crippen molar-refractivity contribution < 1.29 is 14.4 Å². The molecule has 3 heterocycles. The molecule has 30 heavy (non-hydrogen) atoms. The molecule has 0 amide bonds. The molecule has 0 unspecified atom stereocenters. The molecule has 2 aromatic heterocycles. The molecule has 1 aliphatic heterocycles. The zero-order chi connectivity index (χ0) is 20.8. The smallest absolute Gasteiger partial charge is 0.282 e. The van der Waals surface area contributed by atoms with E-state index in [2.05, 4.69) is 10.3 Å². The highest BCUT2D eigenvalue weighted by molar-refractivity contribution is 6.30. The summed E-state index contributed by atoms with van der Waals surface area (Å²) in [7, 11) is 0. The molecule has 8 nitrogen and oxygen atoms in total. The largest absolute Gasteiger partial charge is 0.454 e. The van der Waals surface area contributed by atoms with Crippen LogP contribution in [0.1, 0.15) is 0 Å². The molecule has 0 aliphatic carbocycles. The highest BCUT2D eigenvalue weighted by Gasteiger charge is 2.28. The van der Waals surface area contributed by atoms with E-state index in [-0.39, 0.29) is 12.5 Å². The second-order valence-corrected chi connectivity index (χ2v) is 7.37. The Morgan fingerprint density at radius 2 is 1.73 bits per heavy atom. The maximum atomic E-state index is 11.8. The van der Waals surface area contributed by atoms with Gasteiger partial charge in [0.05, 0.1) is 21.6 Å². The number of nitro groups is 1. The van der Waals surface area contributed by atoms with Crippen LogP contribution in [0.25, 0.3) is 16.9 Å². The summed E-state index contributed by atoms with van der Waals surface area (Å²) in [5.74, 6) is 1.25. The summed E-state index contributed by atoms with van der Waals surface area (Å²) in [4.78, 5) is 15.9. The topological polar surface area (TPSA) is 90.9 Å². The monoisotopic (exact) mass is 442 g/mol. The summed E-state index contributed by atoms with van der Waals surface area (Å²) < 4.78 is 12.5. The first-order valence-corrected chi connectivity index (χ1v) is 9.54. The van der Waals surface area contributed by atoms with Crippen LogP contribution in [0.2, 0.25) is 10.0 Å². The molecule has 0 bridgehead atoms. The van der Waals surface area contributed by atoms with Gasteiger partial charge >= 0.3 is 0 Å².